The molecule has 2 aliphatic rings. The maximum Gasteiger partial charge on any atom is 0.253 e. The molecular weight excluding hydrogens is 345 g/mol. The highest BCUT2D eigenvalue weighted by molar-refractivity contribution is 5.94. The van der Waals surface area contributed by atoms with Gasteiger partial charge in [-0.2, -0.15) is 0 Å². The van der Waals surface area contributed by atoms with Crippen molar-refractivity contribution in [2.75, 3.05) is 20.1 Å². The van der Waals surface area contributed by atoms with Gasteiger partial charge in [-0.15, -0.1) is 0 Å². The van der Waals surface area contributed by atoms with Crippen molar-refractivity contribution in [1.82, 2.24) is 14.8 Å². The Morgan fingerprint density at radius 2 is 2.04 bits per heavy atom. The van der Waals surface area contributed by atoms with E-state index < -0.39 is 0 Å². The number of pyridine rings is 1. The van der Waals surface area contributed by atoms with Crippen LogP contribution < -0.4 is 0 Å². The van der Waals surface area contributed by atoms with E-state index in [-0.39, 0.29) is 29.0 Å². The van der Waals surface area contributed by atoms with Gasteiger partial charge < -0.3 is 9.80 Å². The minimum absolute atomic E-state index is 0.0303. The third-order valence-corrected chi connectivity index (χ3v) is 5.75. The molecule has 1 spiro atoms. The Bertz CT molecular complexity index is 855. The molecule has 1 aromatic carbocycles. The predicted octanol–water partition coefficient (Wildman–Crippen LogP) is 2.73. The van der Waals surface area contributed by atoms with E-state index in [2.05, 4.69) is 4.98 Å². The lowest BCUT2D eigenvalue weighted by atomic mass is 10.0. The number of nitrogens with zero attached hydrogens (tertiary/aromatic N) is 3. The summed E-state index contributed by atoms with van der Waals surface area (Å²) >= 11 is 0. The lowest BCUT2D eigenvalue weighted by Gasteiger charge is -2.19. The van der Waals surface area contributed by atoms with Crippen LogP contribution in [-0.4, -0.2) is 46.7 Å². The van der Waals surface area contributed by atoms with E-state index in [0.717, 1.165) is 18.5 Å². The highest BCUT2D eigenvalue weighted by atomic mass is 19.1. The smallest absolute Gasteiger partial charge is 0.253 e. The molecule has 140 valence electrons. The van der Waals surface area contributed by atoms with Crippen LogP contribution in [0.2, 0.25) is 0 Å². The first-order chi connectivity index (χ1) is 13.0. The average molecular weight is 367 g/mol. The Kier molecular flexibility index (Phi) is 4.42. The van der Waals surface area contributed by atoms with Gasteiger partial charge in [-0.3, -0.25) is 14.6 Å². The highest BCUT2D eigenvalue weighted by Crippen LogP contribution is 2.59. The number of carbonyl (C=O) groups is 2. The van der Waals surface area contributed by atoms with Crippen LogP contribution >= 0.6 is 0 Å². The number of hydrogen-bond acceptors (Lipinski definition) is 3. The van der Waals surface area contributed by atoms with Crippen molar-refractivity contribution in [3.05, 3.63) is 65.7 Å². The molecule has 1 aromatic heterocycles. The molecule has 0 bridgehead atoms. The summed E-state index contributed by atoms with van der Waals surface area (Å²) in [4.78, 5) is 33.2. The molecular formula is C21H22FN3O2. The summed E-state index contributed by atoms with van der Waals surface area (Å²) in [7, 11) is 1.80. The quantitative estimate of drug-likeness (QED) is 0.835. The molecule has 1 aliphatic carbocycles. The molecule has 0 unspecified atom stereocenters. The normalized spacial score (nSPS) is 23.5. The summed E-state index contributed by atoms with van der Waals surface area (Å²) in [6.07, 6.45) is 3.39. The van der Waals surface area contributed by atoms with Crippen molar-refractivity contribution in [2.45, 2.75) is 19.4 Å². The summed E-state index contributed by atoms with van der Waals surface area (Å²) in [6, 6.07) is 11.3. The van der Waals surface area contributed by atoms with E-state index in [1.165, 1.54) is 24.3 Å². The monoisotopic (exact) mass is 367 g/mol. The molecule has 2 heterocycles. The third-order valence-electron chi connectivity index (χ3n) is 5.75. The fraction of sp³-hybridized carbons (Fsp3) is 0.381. The third kappa shape index (κ3) is 3.44. The number of carbonyl (C=O) groups excluding carboxylic acids is 2. The van der Waals surface area contributed by atoms with Gasteiger partial charge >= 0.3 is 0 Å². The van der Waals surface area contributed by atoms with Gasteiger partial charge in [0.1, 0.15) is 5.82 Å². The Morgan fingerprint density at radius 3 is 2.74 bits per heavy atom. The molecule has 2 amide bonds. The van der Waals surface area contributed by atoms with Gasteiger partial charge in [0, 0.05) is 43.2 Å². The zero-order valence-corrected chi connectivity index (χ0v) is 15.3. The molecule has 2 aromatic rings. The first-order valence-electron chi connectivity index (χ1n) is 9.18. The second-order valence-electron chi connectivity index (χ2n) is 7.62. The van der Waals surface area contributed by atoms with Crippen LogP contribution in [0.5, 0.6) is 0 Å². The van der Waals surface area contributed by atoms with Gasteiger partial charge in [-0.25, -0.2) is 4.39 Å². The first kappa shape index (κ1) is 17.6. The topological polar surface area (TPSA) is 53.5 Å². The van der Waals surface area contributed by atoms with Crippen molar-refractivity contribution in [3.8, 4) is 0 Å². The van der Waals surface area contributed by atoms with E-state index in [9.17, 15) is 14.0 Å². The molecule has 0 radical (unpaired) electrons. The first-order valence-corrected chi connectivity index (χ1v) is 9.18. The van der Waals surface area contributed by atoms with Crippen LogP contribution in [0.1, 0.15) is 28.9 Å². The van der Waals surface area contributed by atoms with Gasteiger partial charge in [-0.1, -0.05) is 6.07 Å². The number of benzene rings is 1. The second-order valence-corrected chi connectivity index (χ2v) is 7.62. The zero-order valence-electron chi connectivity index (χ0n) is 15.3. The van der Waals surface area contributed by atoms with Crippen molar-refractivity contribution >= 4 is 11.8 Å². The van der Waals surface area contributed by atoms with Gasteiger partial charge in [0.05, 0.1) is 12.2 Å². The number of rotatable bonds is 4. The molecule has 27 heavy (non-hydrogen) atoms. The predicted molar refractivity (Wildman–Crippen MR) is 98.2 cm³/mol. The van der Waals surface area contributed by atoms with Crippen molar-refractivity contribution in [3.63, 3.8) is 0 Å². The fourth-order valence-electron chi connectivity index (χ4n) is 4.07. The van der Waals surface area contributed by atoms with Crippen LogP contribution in [0.3, 0.4) is 0 Å². The van der Waals surface area contributed by atoms with Gasteiger partial charge in [-0.05, 0) is 49.2 Å². The molecule has 1 aliphatic heterocycles. The van der Waals surface area contributed by atoms with Crippen LogP contribution in [0.25, 0.3) is 0 Å². The van der Waals surface area contributed by atoms with E-state index in [1.807, 2.05) is 18.2 Å². The molecule has 6 heteroatoms. The standard InChI is InChI=1S/C21H22FN3O2/c1-24(13-17-4-2-3-10-23-17)20(27)18-12-21(18)9-11-25(14-21)19(26)15-5-7-16(22)8-6-15/h2-8,10,18H,9,11-14H2,1H3/t18-,21+/m1/s1. The molecule has 2 fully saturated rings. The highest BCUT2D eigenvalue weighted by Gasteiger charge is 2.61. The average Bonchev–Trinajstić information content (AvgIpc) is 3.21. The number of likely N-dealkylation sites (tertiary alicyclic amines) is 1. The van der Waals surface area contributed by atoms with E-state index in [1.54, 1.807) is 23.0 Å². The molecule has 2 atom stereocenters. The Balaban J connectivity index is 1.37. The minimum Gasteiger partial charge on any atom is -0.340 e. The molecule has 5 nitrogen and oxygen atoms in total. The Morgan fingerprint density at radius 1 is 1.26 bits per heavy atom. The molecule has 0 N–H and O–H groups in total. The summed E-state index contributed by atoms with van der Waals surface area (Å²) < 4.78 is 13.1. The lowest BCUT2D eigenvalue weighted by molar-refractivity contribution is -0.132. The van der Waals surface area contributed by atoms with Crippen LogP contribution in [0.15, 0.2) is 48.7 Å². The van der Waals surface area contributed by atoms with Gasteiger partial charge in [0.25, 0.3) is 5.91 Å². The van der Waals surface area contributed by atoms with Crippen LogP contribution in [0.4, 0.5) is 4.39 Å². The van der Waals surface area contributed by atoms with Crippen molar-refractivity contribution in [1.29, 1.82) is 0 Å². The van der Waals surface area contributed by atoms with Gasteiger partial charge in [0.15, 0.2) is 0 Å². The second kappa shape index (κ2) is 6.76. The van der Waals surface area contributed by atoms with E-state index in [0.29, 0.717) is 25.2 Å². The maximum atomic E-state index is 13.1. The van der Waals surface area contributed by atoms with Crippen LogP contribution in [0, 0.1) is 17.2 Å². The van der Waals surface area contributed by atoms with Crippen molar-refractivity contribution in [2.24, 2.45) is 11.3 Å². The molecule has 4 rings (SSSR count). The Hall–Kier alpha value is -2.76. The summed E-state index contributed by atoms with van der Waals surface area (Å²) in [5, 5.41) is 0. The molecule has 1 saturated carbocycles. The lowest BCUT2D eigenvalue weighted by Crippen LogP contribution is -2.32. The summed E-state index contributed by atoms with van der Waals surface area (Å²) in [6.45, 7) is 1.73. The summed E-state index contributed by atoms with van der Waals surface area (Å²) in [5.41, 5.74) is 1.26. The number of amides is 2. The maximum absolute atomic E-state index is 13.1. The number of hydrogen-bond donors (Lipinski definition) is 0. The Labute approximate surface area is 157 Å². The molecule has 1 saturated heterocycles. The van der Waals surface area contributed by atoms with E-state index >= 15 is 0 Å². The van der Waals surface area contributed by atoms with Crippen LogP contribution in [-0.2, 0) is 11.3 Å². The largest absolute Gasteiger partial charge is 0.340 e. The number of halogens is 1. The number of aromatic nitrogens is 1. The summed E-state index contributed by atoms with van der Waals surface area (Å²) in [5.74, 6) is -0.353. The zero-order chi connectivity index (χ0) is 19.0. The van der Waals surface area contributed by atoms with Gasteiger partial charge in [0.2, 0.25) is 5.91 Å². The van der Waals surface area contributed by atoms with Crippen molar-refractivity contribution < 1.29 is 14.0 Å². The van der Waals surface area contributed by atoms with E-state index in [4.69, 9.17) is 0 Å². The fourth-order valence-corrected chi connectivity index (χ4v) is 4.07. The minimum atomic E-state index is -0.353. The SMILES string of the molecule is CN(Cc1ccccn1)C(=O)[C@H]1C[C@]12CCN(C(=O)c1ccc(F)cc1)C2.